The number of hydrazine groups is 1. The number of benzene rings is 1. The van der Waals surface area contributed by atoms with Gasteiger partial charge >= 0.3 is 5.97 Å². The van der Waals surface area contributed by atoms with Crippen molar-refractivity contribution in [2.45, 2.75) is 11.8 Å². The SMILES string of the molecule is CCOC(=O)c1csc(NNS(=O)(=O)c2ccccc2)n1. The molecule has 1 aromatic carbocycles. The summed E-state index contributed by atoms with van der Waals surface area (Å²) in [6.45, 7) is 1.94. The van der Waals surface area contributed by atoms with Gasteiger partial charge < -0.3 is 4.74 Å². The van der Waals surface area contributed by atoms with Crippen LogP contribution in [0.25, 0.3) is 0 Å². The molecule has 0 aliphatic heterocycles. The minimum atomic E-state index is -3.69. The fraction of sp³-hybridized carbons (Fsp3) is 0.167. The van der Waals surface area contributed by atoms with E-state index in [9.17, 15) is 13.2 Å². The summed E-state index contributed by atoms with van der Waals surface area (Å²) in [5.74, 6) is -0.548. The van der Waals surface area contributed by atoms with Gasteiger partial charge in [-0.15, -0.1) is 16.2 Å². The molecule has 112 valence electrons. The van der Waals surface area contributed by atoms with E-state index < -0.39 is 16.0 Å². The summed E-state index contributed by atoms with van der Waals surface area (Å²) < 4.78 is 28.7. The summed E-state index contributed by atoms with van der Waals surface area (Å²) >= 11 is 1.09. The molecule has 0 saturated heterocycles. The predicted octanol–water partition coefficient (Wildman–Crippen LogP) is 1.63. The lowest BCUT2D eigenvalue weighted by molar-refractivity contribution is 0.0520. The number of sulfonamides is 1. The molecule has 1 aromatic heterocycles. The maximum absolute atomic E-state index is 12.0. The maximum Gasteiger partial charge on any atom is 0.357 e. The number of nitrogens with zero attached hydrogens (tertiary/aromatic N) is 1. The lowest BCUT2D eigenvalue weighted by Crippen LogP contribution is -2.29. The fourth-order valence-corrected chi connectivity index (χ4v) is 2.96. The summed E-state index contributed by atoms with van der Waals surface area (Å²) in [4.78, 5) is 17.7. The smallest absolute Gasteiger partial charge is 0.357 e. The minimum absolute atomic E-state index is 0.125. The van der Waals surface area contributed by atoms with Crippen LogP contribution in [0.3, 0.4) is 0 Å². The molecule has 9 heteroatoms. The van der Waals surface area contributed by atoms with Crippen LogP contribution in [-0.2, 0) is 14.8 Å². The van der Waals surface area contributed by atoms with E-state index >= 15 is 0 Å². The van der Waals surface area contributed by atoms with E-state index in [1.165, 1.54) is 17.5 Å². The standard InChI is InChI=1S/C12H13N3O4S2/c1-2-19-11(16)10-8-20-12(13-10)14-15-21(17,18)9-6-4-3-5-7-9/h3-8,15H,2H2,1H3,(H,13,14). The van der Waals surface area contributed by atoms with Crippen LogP contribution in [0.4, 0.5) is 5.13 Å². The third-order valence-corrected chi connectivity index (χ3v) is 4.36. The molecule has 2 N–H and O–H groups in total. The highest BCUT2D eigenvalue weighted by atomic mass is 32.2. The topological polar surface area (TPSA) is 97.4 Å². The zero-order valence-corrected chi connectivity index (χ0v) is 12.7. The molecule has 0 aliphatic carbocycles. The Morgan fingerprint density at radius 3 is 2.71 bits per heavy atom. The second kappa shape index (κ2) is 6.66. The van der Waals surface area contributed by atoms with Gasteiger partial charge in [-0.25, -0.2) is 18.2 Å². The van der Waals surface area contributed by atoms with Crippen molar-refractivity contribution in [3.05, 3.63) is 41.4 Å². The van der Waals surface area contributed by atoms with Crippen LogP contribution >= 0.6 is 11.3 Å². The van der Waals surface area contributed by atoms with Crippen molar-refractivity contribution in [3.8, 4) is 0 Å². The van der Waals surface area contributed by atoms with E-state index in [0.29, 0.717) is 0 Å². The van der Waals surface area contributed by atoms with E-state index in [-0.39, 0.29) is 22.3 Å². The van der Waals surface area contributed by atoms with Crippen molar-refractivity contribution in [2.24, 2.45) is 0 Å². The van der Waals surface area contributed by atoms with E-state index in [1.807, 2.05) is 0 Å². The number of hydrogen-bond acceptors (Lipinski definition) is 7. The maximum atomic E-state index is 12.0. The molecule has 0 bridgehead atoms. The molecule has 0 amide bonds. The van der Waals surface area contributed by atoms with Crippen molar-refractivity contribution >= 4 is 32.5 Å². The first-order valence-electron chi connectivity index (χ1n) is 5.98. The first-order valence-corrected chi connectivity index (χ1v) is 8.34. The number of anilines is 1. The number of carbonyl (C=O) groups is 1. The number of thiazole rings is 1. The molecule has 2 rings (SSSR count). The van der Waals surface area contributed by atoms with Crippen LogP contribution in [0.5, 0.6) is 0 Å². The van der Waals surface area contributed by atoms with E-state index in [1.54, 1.807) is 25.1 Å². The number of rotatable bonds is 6. The molecule has 0 spiro atoms. The van der Waals surface area contributed by atoms with E-state index in [4.69, 9.17) is 4.74 Å². The van der Waals surface area contributed by atoms with Crippen molar-refractivity contribution in [1.29, 1.82) is 0 Å². The molecule has 2 aromatic rings. The lowest BCUT2D eigenvalue weighted by atomic mass is 10.4. The zero-order chi connectivity index (χ0) is 15.3. The average Bonchev–Trinajstić information content (AvgIpc) is 2.96. The Balaban J connectivity index is 2.02. The molecule has 0 aliphatic rings. The Kier molecular flexibility index (Phi) is 4.89. The number of nitrogens with one attached hydrogen (secondary N) is 2. The van der Waals surface area contributed by atoms with Gasteiger partial charge in [0.25, 0.3) is 10.0 Å². The number of hydrogen-bond donors (Lipinski definition) is 2. The minimum Gasteiger partial charge on any atom is -0.461 e. The normalized spacial score (nSPS) is 11.1. The highest BCUT2D eigenvalue weighted by Crippen LogP contribution is 2.16. The predicted molar refractivity (Wildman–Crippen MR) is 78.5 cm³/mol. The third-order valence-electron chi connectivity index (χ3n) is 2.33. The third kappa shape index (κ3) is 4.00. The van der Waals surface area contributed by atoms with Gasteiger partial charge in [-0.1, -0.05) is 18.2 Å². The summed E-state index contributed by atoms with van der Waals surface area (Å²) in [6, 6.07) is 7.90. The van der Waals surface area contributed by atoms with Gasteiger partial charge in [0.2, 0.25) is 0 Å². The van der Waals surface area contributed by atoms with E-state index in [2.05, 4.69) is 15.2 Å². The van der Waals surface area contributed by atoms with Crippen LogP contribution < -0.4 is 10.3 Å². The first kappa shape index (κ1) is 15.4. The number of aromatic nitrogens is 1. The number of esters is 1. The van der Waals surface area contributed by atoms with Crippen molar-refractivity contribution in [3.63, 3.8) is 0 Å². The largest absolute Gasteiger partial charge is 0.461 e. The van der Waals surface area contributed by atoms with Gasteiger partial charge in [-0.2, -0.15) is 0 Å². The van der Waals surface area contributed by atoms with Gasteiger partial charge in [0, 0.05) is 5.38 Å². The summed E-state index contributed by atoms with van der Waals surface area (Å²) in [5.41, 5.74) is 2.59. The van der Waals surface area contributed by atoms with Crippen LogP contribution in [0.2, 0.25) is 0 Å². The van der Waals surface area contributed by atoms with Crippen LogP contribution in [-0.4, -0.2) is 26.0 Å². The number of carbonyl (C=O) groups excluding carboxylic acids is 1. The van der Waals surface area contributed by atoms with Gasteiger partial charge in [-0.05, 0) is 19.1 Å². The molecule has 0 radical (unpaired) electrons. The first-order chi connectivity index (χ1) is 10.0. The zero-order valence-electron chi connectivity index (χ0n) is 11.1. The Morgan fingerprint density at radius 1 is 1.33 bits per heavy atom. The summed E-state index contributed by atoms with van der Waals surface area (Å²) in [7, 11) is -3.69. The second-order valence-corrected chi connectivity index (χ2v) is 6.34. The van der Waals surface area contributed by atoms with Gasteiger partial charge in [0.15, 0.2) is 10.8 Å². The summed E-state index contributed by atoms with van der Waals surface area (Å²) in [5, 5.41) is 1.73. The summed E-state index contributed by atoms with van der Waals surface area (Å²) in [6.07, 6.45) is 0. The molecular weight excluding hydrogens is 314 g/mol. The highest BCUT2D eigenvalue weighted by molar-refractivity contribution is 7.89. The number of ether oxygens (including phenoxy) is 1. The van der Waals surface area contributed by atoms with Crippen molar-refractivity contribution in [2.75, 3.05) is 12.0 Å². The molecule has 7 nitrogen and oxygen atoms in total. The Bertz CT molecular complexity index is 713. The van der Waals surface area contributed by atoms with Gasteiger partial charge in [0.05, 0.1) is 11.5 Å². The van der Waals surface area contributed by atoms with Gasteiger partial charge in [0.1, 0.15) is 0 Å². The van der Waals surface area contributed by atoms with Crippen LogP contribution in [0.15, 0.2) is 40.6 Å². The second-order valence-electron chi connectivity index (χ2n) is 3.80. The lowest BCUT2D eigenvalue weighted by Gasteiger charge is -2.06. The Morgan fingerprint density at radius 2 is 2.05 bits per heavy atom. The van der Waals surface area contributed by atoms with Crippen molar-refractivity contribution in [1.82, 2.24) is 9.82 Å². The Hall–Kier alpha value is -1.97. The van der Waals surface area contributed by atoms with Gasteiger partial charge in [-0.3, -0.25) is 5.43 Å². The molecule has 0 fully saturated rings. The van der Waals surface area contributed by atoms with Crippen LogP contribution in [0.1, 0.15) is 17.4 Å². The molecule has 0 unspecified atom stereocenters. The highest BCUT2D eigenvalue weighted by Gasteiger charge is 2.15. The fourth-order valence-electron chi connectivity index (χ4n) is 1.40. The molecule has 0 atom stereocenters. The molecule has 21 heavy (non-hydrogen) atoms. The average molecular weight is 327 g/mol. The molecule has 0 saturated carbocycles. The van der Waals surface area contributed by atoms with E-state index in [0.717, 1.165) is 11.3 Å². The van der Waals surface area contributed by atoms with Crippen LogP contribution in [0, 0.1) is 0 Å². The molecule has 1 heterocycles. The molecular formula is C12H13N3O4S2. The van der Waals surface area contributed by atoms with Crippen molar-refractivity contribution < 1.29 is 17.9 Å². The monoisotopic (exact) mass is 327 g/mol. The Labute approximate surface area is 126 Å². The quantitative estimate of drug-likeness (QED) is 0.618.